The van der Waals surface area contributed by atoms with Gasteiger partial charge in [-0.3, -0.25) is 11.3 Å². The fourth-order valence-corrected chi connectivity index (χ4v) is 4.71. The van der Waals surface area contributed by atoms with Crippen molar-refractivity contribution in [2.75, 3.05) is 6.61 Å². The van der Waals surface area contributed by atoms with Crippen molar-refractivity contribution in [2.45, 2.75) is 44.2 Å². The number of hydrazine groups is 1. The van der Waals surface area contributed by atoms with Gasteiger partial charge in [-0.1, -0.05) is 30.7 Å². The molecule has 3 aliphatic rings. The van der Waals surface area contributed by atoms with Gasteiger partial charge < -0.3 is 4.74 Å². The summed E-state index contributed by atoms with van der Waals surface area (Å²) in [5.41, 5.74) is 5.92. The molecule has 3 nitrogen and oxygen atoms in total. The summed E-state index contributed by atoms with van der Waals surface area (Å²) >= 11 is 0. The van der Waals surface area contributed by atoms with Gasteiger partial charge in [-0.2, -0.15) is 0 Å². The van der Waals surface area contributed by atoms with Gasteiger partial charge in [-0.05, 0) is 54.6 Å². The van der Waals surface area contributed by atoms with Crippen molar-refractivity contribution < 1.29 is 4.74 Å². The average molecular weight is 272 g/mol. The summed E-state index contributed by atoms with van der Waals surface area (Å²) in [5, 5.41) is 0. The normalized spacial score (nSPS) is 36.2. The topological polar surface area (TPSA) is 47.3 Å². The van der Waals surface area contributed by atoms with E-state index in [-0.39, 0.29) is 6.10 Å². The highest BCUT2D eigenvalue weighted by Crippen LogP contribution is 2.59. The Balaban J connectivity index is 1.48. The standard InChI is InChI=1S/C17H24N2O/c18-19-15(17-13-6-3-7-14(13)17)10-16-12-5-2-1-4-11(12)8-9-20-16/h1-2,4-5,13-17,19H,3,6-10,18H2. The van der Waals surface area contributed by atoms with Crippen molar-refractivity contribution in [3.05, 3.63) is 35.4 Å². The Hall–Kier alpha value is -0.900. The maximum absolute atomic E-state index is 6.04. The molecule has 108 valence electrons. The highest BCUT2D eigenvalue weighted by atomic mass is 16.5. The van der Waals surface area contributed by atoms with Crippen LogP contribution in [0.2, 0.25) is 0 Å². The first-order valence-electron chi connectivity index (χ1n) is 8.04. The van der Waals surface area contributed by atoms with Crippen LogP contribution in [-0.4, -0.2) is 12.6 Å². The van der Waals surface area contributed by atoms with E-state index in [1.807, 2.05) is 0 Å². The van der Waals surface area contributed by atoms with Crippen LogP contribution < -0.4 is 11.3 Å². The lowest BCUT2D eigenvalue weighted by atomic mass is 9.91. The van der Waals surface area contributed by atoms with Crippen molar-refractivity contribution in [1.82, 2.24) is 5.43 Å². The SMILES string of the molecule is NNC(CC1OCCc2ccccc21)C1C2CCCC21. The summed E-state index contributed by atoms with van der Waals surface area (Å²) in [7, 11) is 0. The molecule has 4 atom stereocenters. The van der Waals surface area contributed by atoms with Crippen LogP contribution in [0.15, 0.2) is 24.3 Å². The Labute approximate surface area is 120 Å². The molecule has 0 aromatic heterocycles. The van der Waals surface area contributed by atoms with Crippen molar-refractivity contribution in [2.24, 2.45) is 23.6 Å². The lowest BCUT2D eigenvalue weighted by Gasteiger charge is -2.29. The van der Waals surface area contributed by atoms with Crippen molar-refractivity contribution in [3.63, 3.8) is 0 Å². The monoisotopic (exact) mass is 272 g/mol. The molecule has 0 spiro atoms. The number of nitrogens with two attached hydrogens (primary N) is 1. The zero-order valence-electron chi connectivity index (χ0n) is 11.9. The maximum Gasteiger partial charge on any atom is 0.0843 e. The molecule has 0 saturated heterocycles. The highest BCUT2D eigenvalue weighted by Gasteiger charge is 2.55. The van der Waals surface area contributed by atoms with Crippen molar-refractivity contribution in [1.29, 1.82) is 0 Å². The van der Waals surface area contributed by atoms with Crippen LogP contribution in [0.5, 0.6) is 0 Å². The third kappa shape index (κ3) is 2.09. The van der Waals surface area contributed by atoms with E-state index in [1.165, 1.54) is 30.4 Å². The third-order valence-corrected chi connectivity index (χ3v) is 5.71. The molecule has 2 fully saturated rings. The minimum Gasteiger partial charge on any atom is -0.373 e. The van der Waals surface area contributed by atoms with E-state index in [2.05, 4.69) is 29.7 Å². The number of rotatable bonds is 4. The van der Waals surface area contributed by atoms with Gasteiger partial charge >= 0.3 is 0 Å². The van der Waals surface area contributed by atoms with Gasteiger partial charge in [0.05, 0.1) is 12.7 Å². The van der Waals surface area contributed by atoms with Crippen LogP contribution in [0.25, 0.3) is 0 Å². The first kappa shape index (κ1) is 12.8. The molecule has 1 aromatic rings. The molecule has 3 N–H and O–H groups in total. The first-order valence-corrected chi connectivity index (χ1v) is 8.04. The molecule has 2 aliphatic carbocycles. The molecule has 1 heterocycles. The van der Waals surface area contributed by atoms with Crippen LogP contribution in [0.3, 0.4) is 0 Å². The number of ether oxygens (including phenoxy) is 1. The molecule has 4 unspecified atom stereocenters. The molecule has 0 amide bonds. The second kappa shape index (κ2) is 5.14. The Morgan fingerprint density at radius 3 is 2.85 bits per heavy atom. The predicted molar refractivity (Wildman–Crippen MR) is 78.9 cm³/mol. The largest absolute Gasteiger partial charge is 0.373 e. The average Bonchev–Trinajstić information content (AvgIpc) is 2.96. The highest BCUT2D eigenvalue weighted by molar-refractivity contribution is 5.31. The predicted octanol–water partition coefficient (Wildman–Crippen LogP) is 2.57. The molecule has 1 aliphatic heterocycles. The van der Waals surface area contributed by atoms with Crippen LogP contribution in [0.4, 0.5) is 0 Å². The van der Waals surface area contributed by atoms with E-state index < -0.39 is 0 Å². The van der Waals surface area contributed by atoms with E-state index in [0.29, 0.717) is 6.04 Å². The lowest BCUT2D eigenvalue weighted by Crippen LogP contribution is -2.40. The fourth-order valence-electron chi connectivity index (χ4n) is 4.71. The fraction of sp³-hybridized carbons (Fsp3) is 0.647. The summed E-state index contributed by atoms with van der Waals surface area (Å²) < 4.78 is 6.04. The number of hydrogen-bond donors (Lipinski definition) is 2. The van der Waals surface area contributed by atoms with Crippen molar-refractivity contribution >= 4 is 0 Å². The van der Waals surface area contributed by atoms with Gasteiger partial charge in [0, 0.05) is 6.04 Å². The molecule has 0 radical (unpaired) electrons. The first-order chi connectivity index (χ1) is 9.88. The molecule has 3 heteroatoms. The Morgan fingerprint density at radius 1 is 1.25 bits per heavy atom. The molecule has 20 heavy (non-hydrogen) atoms. The number of fused-ring (bicyclic) bond motifs is 2. The van der Waals surface area contributed by atoms with E-state index in [0.717, 1.165) is 37.2 Å². The summed E-state index contributed by atoms with van der Waals surface area (Å²) in [4.78, 5) is 0. The summed E-state index contributed by atoms with van der Waals surface area (Å²) in [5.74, 6) is 8.53. The van der Waals surface area contributed by atoms with E-state index in [4.69, 9.17) is 10.6 Å². The van der Waals surface area contributed by atoms with Gasteiger partial charge in [-0.25, -0.2) is 0 Å². The minimum atomic E-state index is 0.224. The second-order valence-corrected chi connectivity index (χ2v) is 6.65. The third-order valence-electron chi connectivity index (χ3n) is 5.71. The number of nitrogens with one attached hydrogen (secondary N) is 1. The second-order valence-electron chi connectivity index (χ2n) is 6.65. The summed E-state index contributed by atoms with van der Waals surface area (Å²) in [6, 6.07) is 9.13. The smallest absolute Gasteiger partial charge is 0.0843 e. The molecule has 2 saturated carbocycles. The van der Waals surface area contributed by atoms with Gasteiger partial charge in [0.15, 0.2) is 0 Å². The number of hydrogen-bond acceptors (Lipinski definition) is 3. The Bertz CT molecular complexity index is 480. The van der Waals surface area contributed by atoms with E-state index >= 15 is 0 Å². The molecule has 4 rings (SSSR count). The molecular weight excluding hydrogens is 248 g/mol. The van der Waals surface area contributed by atoms with Gasteiger partial charge in [-0.15, -0.1) is 0 Å². The summed E-state index contributed by atoms with van der Waals surface area (Å²) in [6.07, 6.45) is 6.53. The number of benzene rings is 1. The van der Waals surface area contributed by atoms with Crippen LogP contribution in [0, 0.1) is 17.8 Å². The van der Waals surface area contributed by atoms with Crippen molar-refractivity contribution in [3.8, 4) is 0 Å². The zero-order chi connectivity index (χ0) is 13.5. The van der Waals surface area contributed by atoms with E-state index in [1.54, 1.807) is 0 Å². The van der Waals surface area contributed by atoms with Gasteiger partial charge in [0.25, 0.3) is 0 Å². The maximum atomic E-state index is 6.04. The summed E-state index contributed by atoms with van der Waals surface area (Å²) in [6.45, 7) is 0.844. The van der Waals surface area contributed by atoms with Crippen LogP contribution in [-0.2, 0) is 11.2 Å². The Morgan fingerprint density at radius 2 is 2.05 bits per heavy atom. The van der Waals surface area contributed by atoms with Crippen LogP contribution in [0.1, 0.15) is 42.9 Å². The molecule has 0 bridgehead atoms. The Kier molecular flexibility index (Phi) is 3.29. The minimum absolute atomic E-state index is 0.224. The zero-order valence-corrected chi connectivity index (χ0v) is 11.9. The molecular formula is C17H24N2O. The van der Waals surface area contributed by atoms with E-state index in [9.17, 15) is 0 Å². The quantitative estimate of drug-likeness (QED) is 0.654. The van der Waals surface area contributed by atoms with Crippen LogP contribution >= 0.6 is 0 Å². The lowest BCUT2D eigenvalue weighted by molar-refractivity contribution is 0.0267. The molecule has 1 aromatic carbocycles. The van der Waals surface area contributed by atoms with Gasteiger partial charge in [0.2, 0.25) is 0 Å². The van der Waals surface area contributed by atoms with Gasteiger partial charge in [0.1, 0.15) is 0 Å².